The fourth-order valence-corrected chi connectivity index (χ4v) is 3.57. The number of likely N-dealkylation sites (tertiary alicyclic amines) is 1. The Labute approximate surface area is 140 Å². The van der Waals surface area contributed by atoms with Crippen LogP contribution in [0.5, 0.6) is 0 Å². The van der Waals surface area contributed by atoms with Gasteiger partial charge in [0.05, 0.1) is 25.6 Å². The third-order valence-electron chi connectivity index (χ3n) is 4.88. The highest BCUT2D eigenvalue weighted by Gasteiger charge is 2.25. The number of hydrogen-bond donors (Lipinski definition) is 1. The number of nitrogens with one attached hydrogen (secondary N) is 1. The van der Waals surface area contributed by atoms with Crippen LogP contribution in [0.25, 0.3) is 0 Å². The van der Waals surface area contributed by atoms with Crippen molar-refractivity contribution >= 4 is 5.91 Å². The van der Waals surface area contributed by atoms with Crippen LogP contribution in [-0.2, 0) is 19.6 Å². The molecule has 8 heteroatoms. The first-order valence-corrected chi connectivity index (χ1v) is 8.72. The molecule has 1 saturated heterocycles. The molecule has 0 spiro atoms. The van der Waals surface area contributed by atoms with E-state index >= 15 is 0 Å². The summed E-state index contributed by atoms with van der Waals surface area (Å²) in [6, 6.07) is 0. The number of carbonyl (C=O) groups excluding carboxylic acids is 1. The van der Waals surface area contributed by atoms with Crippen molar-refractivity contribution in [2.75, 3.05) is 19.6 Å². The number of nitrogens with zero attached hydrogens (tertiary/aromatic N) is 6. The van der Waals surface area contributed by atoms with Gasteiger partial charge in [0.25, 0.3) is 5.91 Å². The number of piperidine rings is 1. The number of H-pyrrole nitrogens is 1. The van der Waals surface area contributed by atoms with Crippen LogP contribution >= 0.6 is 0 Å². The number of carbonyl (C=O) groups is 1. The molecule has 0 bridgehead atoms. The number of fused-ring (bicyclic) bond motifs is 1. The maximum atomic E-state index is 12.5. The molecule has 1 fully saturated rings. The zero-order valence-electron chi connectivity index (χ0n) is 13.8. The van der Waals surface area contributed by atoms with Crippen LogP contribution < -0.4 is 0 Å². The summed E-state index contributed by atoms with van der Waals surface area (Å²) < 4.78 is 2.20. The van der Waals surface area contributed by atoms with E-state index in [1.807, 2.05) is 4.90 Å². The second kappa shape index (κ2) is 6.72. The molecule has 0 aliphatic carbocycles. The molecule has 0 atom stereocenters. The van der Waals surface area contributed by atoms with Gasteiger partial charge >= 0.3 is 0 Å². The molecular weight excluding hydrogens is 306 g/mol. The number of imidazole rings is 1. The van der Waals surface area contributed by atoms with Crippen molar-refractivity contribution in [2.24, 2.45) is 0 Å². The van der Waals surface area contributed by atoms with Gasteiger partial charge in [-0.05, 0) is 32.4 Å². The fourth-order valence-electron chi connectivity index (χ4n) is 3.57. The Balaban J connectivity index is 1.49. The van der Waals surface area contributed by atoms with Gasteiger partial charge in [-0.1, -0.05) is 6.42 Å². The van der Waals surface area contributed by atoms with E-state index in [4.69, 9.17) is 0 Å². The standard InChI is InChI=1S/C16H23N7O/c24-16(13-9-17-12-18-13)22-7-4-8-23-14(19-20-15(23)11-22)10-21-5-2-1-3-6-21/h9,12H,1-8,10-11H2,(H,17,18). The Hall–Kier alpha value is -2.22. The van der Waals surface area contributed by atoms with Crippen LogP contribution in [-0.4, -0.2) is 60.1 Å². The van der Waals surface area contributed by atoms with Crippen molar-refractivity contribution in [2.45, 2.75) is 45.3 Å². The second-order valence-corrected chi connectivity index (χ2v) is 6.57. The third-order valence-corrected chi connectivity index (χ3v) is 4.88. The second-order valence-electron chi connectivity index (χ2n) is 6.57. The van der Waals surface area contributed by atoms with Crippen LogP contribution in [0, 0.1) is 0 Å². The lowest BCUT2D eigenvalue weighted by Gasteiger charge is -2.25. The minimum Gasteiger partial charge on any atom is -0.341 e. The summed E-state index contributed by atoms with van der Waals surface area (Å²) in [5.41, 5.74) is 0.525. The topological polar surface area (TPSA) is 82.9 Å². The van der Waals surface area contributed by atoms with E-state index in [1.165, 1.54) is 25.6 Å². The molecule has 0 aromatic carbocycles. The summed E-state index contributed by atoms with van der Waals surface area (Å²) in [7, 11) is 0. The molecule has 0 radical (unpaired) electrons. The van der Waals surface area contributed by atoms with Gasteiger partial charge in [-0.15, -0.1) is 10.2 Å². The molecule has 2 aliphatic rings. The van der Waals surface area contributed by atoms with E-state index in [1.54, 1.807) is 6.20 Å². The van der Waals surface area contributed by atoms with Gasteiger partial charge in [-0.2, -0.15) is 0 Å². The van der Waals surface area contributed by atoms with Crippen LogP contribution in [0.2, 0.25) is 0 Å². The van der Waals surface area contributed by atoms with Gasteiger partial charge in [0.15, 0.2) is 5.82 Å². The quantitative estimate of drug-likeness (QED) is 0.909. The lowest BCUT2D eigenvalue weighted by atomic mass is 10.1. The minimum absolute atomic E-state index is 0.0264. The van der Waals surface area contributed by atoms with Gasteiger partial charge in [0.1, 0.15) is 11.5 Å². The van der Waals surface area contributed by atoms with Gasteiger partial charge in [-0.3, -0.25) is 9.69 Å². The van der Waals surface area contributed by atoms with Crippen molar-refractivity contribution in [1.29, 1.82) is 0 Å². The summed E-state index contributed by atoms with van der Waals surface area (Å²) in [5.74, 6) is 1.89. The molecule has 2 aromatic rings. The molecule has 1 amide bonds. The van der Waals surface area contributed by atoms with E-state index in [-0.39, 0.29) is 5.91 Å². The van der Waals surface area contributed by atoms with E-state index < -0.39 is 0 Å². The Bertz CT molecular complexity index is 687. The van der Waals surface area contributed by atoms with Crippen LogP contribution in [0.3, 0.4) is 0 Å². The lowest BCUT2D eigenvalue weighted by molar-refractivity contribution is 0.0738. The van der Waals surface area contributed by atoms with Crippen molar-refractivity contribution in [3.05, 3.63) is 29.9 Å². The smallest absolute Gasteiger partial charge is 0.272 e. The molecule has 24 heavy (non-hydrogen) atoms. The van der Waals surface area contributed by atoms with E-state index in [2.05, 4.69) is 29.6 Å². The summed E-state index contributed by atoms with van der Waals surface area (Å²) in [4.78, 5) is 23.6. The van der Waals surface area contributed by atoms with E-state index in [9.17, 15) is 4.79 Å². The highest BCUT2D eigenvalue weighted by atomic mass is 16.2. The predicted octanol–water partition coefficient (Wildman–Crippen LogP) is 1.03. The summed E-state index contributed by atoms with van der Waals surface area (Å²) >= 11 is 0. The minimum atomic E-state index is -0.0264. The Morgan fingerprint density at radius 1 is 1.08 bits per heavy atom. The van der Waals surface area contributed by atoms with E-state index in [0.717, 1.165) is 50.8 Å². The Kier molecular flexibility index (Phi) is 4.29. The summed E-state index contributed by atoms with van der Waals surface area (Å²) in [5, 5.41) is 8.77. The normalized spacial score (nSPS) is 19.1. The molecule has 8 nitrogen and oxygen atoms in total. The number of aromatic nitrogens is 5. The average molecular weight is 329 g/mol. The zero-order chi connectivity index (χ0) is 16.4. The fraction of sp³-hybridized carbons (Fsp3) is 0.625. The van der Waals surface area contributed by atoms with Crippen molar-refractivity contribution < 1.29 is 4.79 Å². The van der Waals surface area contributed by atoms with Crippen LogP contribution in [0.15, 0.2) is 12.5 Å². The number of aromatic amines is 1. The summed E-state index contributed by atoms with van der Waals surface area (Å²) in [6.07, 6.45) is 7.89. The zero-order valence-corrected chi connectivity index (χ0v) is 13.8. The largest absolute Gasteiger partial charge is 0.341 e. The van der Waals surface area contributed by atoms with Gasteiger partial charge < -0.3 is 14.5 Å². The Morgan fingerprint density at radius 2 is 1.96 bits per heavy atom. The van der Waals surface area contributed by atoms with E-state index in [0.29, 0.717) is 12.2 Å². The number of hydrogen-bond acceptors (Lipinski definition) is 5. The molecule has 2 aromatic heterocycles. The molecule has 0 unspecified atom stereocenters. The molecule has 4 rings (SSSR count). The van der Waals surface area contributed by atoms with Gasteiger partial charge in [0, 0.05) is 13.1 Å². The first-order chi connectivity index (χ1) is 11.8. The highest BCUT2D eigenvalue weighted by Crippen LogP contribution is 2.17. The SMILES string of the molecule is O=C(c1cnc[nH]1)N1CCCn2c(CN3CCCCC3)nnc2C1. The molecule has 128 valence electrons. The number of rotatable bonds is 3. The lowest BCUT2D eigenvalue weighted by Crippen LogP contribution is -2.31. The monoisotopic (exact) mass is 329 g/mol. The first-order valence-electron chi connectivity index (χ1n) is 8.72. The van der Waals surface area contributed by atoms with Gasteiger partial charge in [0.2, 0.25) is 0 Å². The first kappa shape index (κ1) is 15.3. The molecule has 2 aliphatic heterocycles. The highest BCUT2D eigenvalue weighted by molar-refractivity contribution is 5.92. The maximum absolute atomic E-state index is 12.5. The van der Waals surface area contributed by atoms with Crippen LogP contribution in [0.1, 0.15) is 47.8 Å². The third kappa shape index (κ3) is 3.06. The van der Waals surface area contributed by atoms with Crippen molar-refractivity contribution in [1.82, 2.24) is 34.5 Å². The molecular formula is C16H23N7O. The summed E-state index contributed by atoms with van der Waals surface area (Å²) in [6.45, 7) is 5.26. The Morgan fingerprint density at radius 3 is 2.75 bits per heavy atom. The maximum Gasteiger partial charge on any atom is 0.272 e. The van der Waals surface area contributed by atoms with Crippen molar-refractivity contribution in [3.8, 4) is 0 Å². The molecule has 0 saturated carbocycles. The molecule has 1 N–H and O–H groups in total. The van der Waals surface area contributed by atoms with Crippen LogP contribution in [0.4, 0.5) is 0 Å². The number of amides is 1. The molecule has 4 heterocycles. The van der Waals surface area contributed by atoms with Crippen molar-refractivity contribution in [3.63, 3.8) is 0 Å². The average Bonchev–Trinajstić information content (AvgIpc) is 3.21. The predicted molar refractivity (Wildman–Crippen MR) is 87.1 cm³/mol. The van der Waals surface area contributed by atoms with Gasteiger partial charge in [-0.25, -0.2) is 4.98 Å².